The number of pyridine rings is 1. The van der Waals surface area contributed by atoms with Crippen LogP contribution in [0.3, 0.4) is 0 Å². The SMILES string of the molecule is Cc1cc(C)c(CNC(=O)c2cc(-c3ccc(CN4CCNC4)cc3)cc(N(C)C3CCOC3)c2C)c(=O)[nH]1. The molecule has 0 radical (unpaired) electrons. The minimum atomic E-state index is -0.191. The number of anilines is 1. The maximum absolute atomic E-state index is 13.6. The molecule has 1 aromatic heterocycles. The number of hydrogen-bond donors (Lipinski definition) is 3. The van der Waals surface area contributed by atoms with Crippen molar-refractivity contribution in [2.75, 3.05) is 44.9 Å². The Kier molecular flexibility index (Phi) is 8.16. The molecule has 206 valence electrons. The molecule has 0 bridgehead atoms. The van der Waals surface area contributed by atoms with Crippen molar-refractivity contribution >= 4 is 11.6 Å². The number of nitrogens with zero attached hydrogens (tertiary/aromatic N) is 2. The van der Waals surface area contributed by atoms with Gasteiger partial charge in [0.2, 0.25) is 0 Å². The first-order chi connectivity index (χ1) is 18.8. The zero-order chi connectivity index (χ0) is 27.5. The lowest BCUT2D eigenvalue weighted by Gasteiger charge is -2.29. The van der Waals surface area contributed by atoms with Crippen LogP contribution in [0.5, 0.6) is 0 Å². The third-order valence-corrected chi connectivity index (χ3v) is 8.01. The Morgan fingerprint density at radius 1 is 1.13 bits per heavy atom. The van der Waals surface area contributed by atoms with Crippen molar-refractivity contribution in [2.24, 2.45) is 0 Å². The number of ether oxygens (including phenoxy) is 1. The second kappa shape index (κ2) is 11.7. The Labute approximate surface area is 230 Å². The van der Waals surface area contributed by atoms with E-state index < -0.39 is 0 Å². The summed E-state index contributed by atoms with van der Waals surface area (Å²) < 4.78 is 5.66. The van der Waals surface area contributed by atoms with E-state index in [1.165, 1.54) is 5.56 Å². The number of benzene rings is 2. The summed E-state index contributed by atoms with van der Waals surface area (Å²) >= 11 is 0. The van der Waals surface area contributed by atoms with E-state index in [-0.39, 0.29) is 24.1 Å². The van der Waals surface area contributed by atoms with Crippen molar-refractivity contribution in [1.82, 2.24) is 20.5 Å². The fourth-order valence-corrected chi connectivity index (χ4v) is 5.61. The molecule has 2 fully saturated rings. The fourth-order valence-electron chi connectivity index (χ4n) is 5.61. The van der Waals surface area contributed by atoms with Crippen molar-refractivity contribution in [3.05, 3.63) is 86.3 Å². The van der Waals surface area contributed by atoms with Gasteiger partial charge in [0, 0.05) is 69.0 Å². The zero-order valence-corrected chi connectivity index (χ0v) is 23.4. The summed E-state index contributed by atoms with van der Waals surface area (Å²) in [6.45, 7) is 11.3. The van der Waals surface area contributed by atoms with Crippen molar-refractivity contribution in [3.8, 4) is 11.1 Å². The van der Waals surface area contributed by atoms with Gasteiger partial charge in [0.25, 0.3) is 11.5 Å². The number of hydrogen-bond acceptors (Lipinski definition) is 6. The number of carbonyl (C=O) groups excluding carboxylic acids is 1. The summed E-state index contributed by atoms with van der Waals surface area (Å²) in [5, 5.41) is 6.38. The fraction of sp³-hybridized carbons (Fsp3) is 0.419. The van der Waals surface area contributed by atoms with E-state index >= 15 is 0 Å². The molecule has 8 nitrogen and oxygen atoms in total. The second-order valence-corrected chi connectivity index (χ2v) is 10.8. The normalized spacial score (nSPS) is 17.5. The molecule has 3 aromatic rings. The number of aryl methyl sites for hydroxylation is 2. The van der Waals surface area contributed by atoms with Crippen LogP contribution in [0.25, 0.3) is 11.1 Å². The topological polar surface area (TPSA) is 89.7 Å². The van der Waals surface area contributed by atoms with Crippen molar-refractivity contribution in [2.45, 2.75) is 46.3 Å². The highest BCUT2D eigenvalue weighted by atomic mass is 16.5. The molecule has 0 spiro atoms. The maximum atomic E-state index is 13.6. The summed E-state index contributed by atoms with van der Waals surface area (Å²) in [6.07, 6.45) is 0.956. The number of carbonyl (C=O) groups is 1. The predicted octanol–water partition coefficient (Wildman–Crippen LogP) is 3.48. The number of H-pyrrole nitrogens is 1. The number of aromatic amines is 1. The van der Waals surface area contributed by atoms with Gasteiger partial charge in [-0.3, -0.25) is 14.5 Å². The van der Waals surface area contributed by atoms with Crippen LogP contribution in [0.1, 0.15) is 44.7 Å². The highest BCUT2D eigenvalue weighted by Gasteiger charge is 2.24. The number of nitrogens with one attached hydrogen (secondary N) is 3. The molecule has 1 atom stereocenters. The number of aromatic nitrogens is 1. The molecule has 1 unspecified atom stereocenters. The van der Waals surface area contributed by atoms with Crippen molar-refractivity contribution in [3.63, 3.8) is 0 Å². The van der Waals surface area contributed by atoms with Crippen LogP contribution >= 0.6 is 0 Å². The van der Waals surface area contributed by atoms with Crippen LogP contribution < -0.4 is 21.1 Å². The van der Waals surface area contributed by atoms with E-state index in [0.717, 1.165) is 73.0 Å². The van der Waals surface area contributed by atoms with E-state index in [9.17, 15) is 9.59 Å². The summed E-state index contributed by atoms with van der Waals surface area (Å²) in [7, 11) is 2.08. The van der Waals surface area contributed by atoms with Gasteiger partial charge in [-0.05, 0) is 73.2 Å². The maximum Gasteiger partial charge on any atom is 0.253 e. The minimum Gasteiger partial charge on any atom is -0.379 e. The summed E-state index contributed by atoms with van der Waals surface area (Å²) in [6, 6.07) is 15.0. The average Bonchev–Trinajstić information content (AvgIpc) is 3.63. The molecule has 2 saturated heterocycles. The molecular weight excluding hydrogens is 490 g/mol. The summed E-state index contributed by atoms with van der Waals surface area (Å²) in [5.74, 6) is -0.191. The van der Waals surface area contributed by atoms with E-state index in [4.69, 9.17) is 4.74 Å². The molecule has 8 heteroatoms. The average molecular weight is 530 g/mol. The van der Waals surface area contributed by atoms with Crippen LogP contribution in [-0.4, -0.2) is 61.9 Å². The highest BCUT2D eigenvalue weighted by Crippen LogP contribution is 2.33. The van der Waals surface area contributed by atoms with Gasteiger partial charge in [0.15, 0.2) is 0 Å². The molecule has 0 saturated carbocycles. The lowest BCUT2D eigenvalue weighted by Crippen LogP contribution is -2.33. The Morgan fingerprint density at radius 3 is 2.59 bits per heavy atom. The first-order valence-corrected chi connectivity index (χ1v) is 13.8. The third kappa shape index (κ3) is 6.08. The standard InChI is InChI=1S/C31H39N5O3/c1-20-13-21(2)34-31(38)28(20)16-33-30(37)27-14-25(15-29(22(27)3)35(4)26-9-12-39-18-26)24-7-5-23(6-8-24)17-36-11-10-32-19-36/h5-8,13-15,26,32H,9-12,16-19H2,1-4H3,(H,33,37)(H,34,38). The second-order valence-electron chi connectivity index (χ2n) is 10.8. The molecule has 1 amide bonds. The summed E-state index contributed by atoms with van der Waals surface area (Å²) in [5.41, 5.74) is 7.96. The van der Waals surface area contributed by atoms with E-state index in [1.807, 2.05) is 32.9 Å². The van der Waals surface area contributed by atoms with E-state index in [2.05, 4.69) is 62.8 Å². The summed E-state index contributed by atoms with van der Waals surface area (Å²) in [4.78, 5) is 33.6. The highest BCUT2D eigenvalue weighted by molar-refractivity contribution is 5.99. The van der Waals surface area contributed by atoms with Gasteiger partial charge in [0.1, 0.15) is 0 Å². The monoisotopic (exact) mass is 529 g/mol. The van der Waals surface area contributed by atoms with Gasteiger partial charge >= 0.3 is 0 Å². The molecule has 2 aromatic carbocycles. The lowest BCUT2D eigenvalue weighted by molar-refractivity contribution is 0.0950. The first-order valence-electron chi connectivity index (χ1n) is 13.8. The largest absolute Gasteiger partial charge is 0.379 e. The Morgan fingerprint density at radius 2 is 1.92 bits per heavy atom. The molecule has 3 N–H and O–H groups in total. The number of rotatable bonds is 8. The minimum absolute atomic E-state index is 0.162. The van der Waals surface area contributed by atoms with Crippen LogP contribution in [0.2, 0.25) is 0 Å². The van der Waals surface area contributed by atoms with Crippen LogP contribution in [-0.2, 0) is 17.8 Å². The van der Waals surface area contributed by atoms with Gasteiger partial charge in [-0.15, -0.1) is 0 Å². The van der Waals surface area contributed by atoms with Crippen molar-refractivity contribution in [1.29, 1.82) is 0 Å². The lowest BCUT2D eigenvalue weighted by atomic mass is 9.95. The Bertz CT molecular complexity index is 1390. The first kappa shape index (κ1) is 27.1. The Hall–Kier alpha value is -3.46. The molecule has 5 rings (SSSR count). The number of amides is 1. The molecular formula is C31H39N5O3. The van der Waals surface area contributed by atoms with Crippen molar-refractivity contribution < 1.29 is 9.53 Å². The molecule has 0 aliphatic carbocycles. The Balaban J connectivity index is 1.45. The van der Waals surface area contributed by atoms with Crippen LogP contribution in [0.15, 0.2) is 47.3 Å². The molecule has 2 aliphatic heterocycles. The molecule has 39 heavy (non-hydrogen) atoms. The van der Waals surface area contributed by atoms with Gasteiger partial charge < -0.3 is 25.3 Å². The van der Waals surface area contributed by atoms with E-state index in [1.54, 1.807) is 0 Å². The van der Waals surface area contributed by atoms with Gasteiger partial charge in [0.05, 0.1) is 12.6 Å². The molecule has 2 aliphatic rings. The number of likely N-dealkylation sites (N-methyl/N-ethyl adjacent to an activating group) is 1. The zero-order valence-electron chi connectivity index (χ0n) is 23.4. The molecule has 3 heterocycles. The van der Waals surface area contributed by atoms with Crippen LogP contribution in [0, 0.1) is 20.8 Å². The van der Waals surface area contributed by atoms with Gasteiger partial charge in [-0.2, -0.15) is 0 Å². The van der Waals surface area contributed by atoms with Crippen LogP contribution in [0.4, 0.5) is 5.69 Å². The smallest absolute Gasteiger partial charge is 0.253 e. The predicted molar refractivity (Wildman–Crippen MR) is 155 cm³/mol. The third-order valence-electron chi connectivity index (χ3n) is 8.01. The van der Waals surface area contributed by atoms with E-state index in [0.29, 0.717) is 17.7 Å². The van der Waals surface area contributed by atoms with Gasteiger partial charge in [-0.1, -0.05) is 24.3 Å². The quantitative estimate of drug-likeness (QED) is 0.414. The van der Waals surface area contributed by atoms with Gasteiger partial charge in [-0.25, -0.2) is 0 Å².